The highest BCUT2D eigenvalue weighted by molar-refractivity contribution is 5.78. The molecule has 0 unspecified atom stereocenters. The number of carbonyl (C=O) groups excluding carboxylic acids is 1. The smallest absolute Gasteiger partial charge is 0.260 e. The maximum Gasteiger partial charge on any atom is 0.260 e. The van der Waals surface area contributed by atoms with Gasteiger partial charge in [-0.1, -0.05) is 30.3 Å². The highest BCUT2D eigenvalue weighted by atomic mass is 16.5. The molecule has 1 aliphatic rings. The van der Waals surface area contributed by atoms with Gasteiger partial charge in [-0.05, 0) is 48.0 Å². The van der Waals surface area contributed by atoms with Crippen molar-refractivity contribution in [2.24, 2.45) is 0 Å². The molecule has 3 aromatic carbocycles. The largest absolute Gasteiger partial charge is 0.484 e. The summed E-state index contributed by atoms with van der Waals surface area (Å²) in [5.41, 5.74) is 4.63. The van der Waals surface area contributed by atoms with E-state index < -0.39 is 0 Å². The highest BCUT2D eigenvalue weighted by Gasteiger charge is 2.17. The number of nitrogens with zero attached hydrogens (tertiary/aromatic N) is 2. The zero-order valence-electron chi connectivity index (χ0n) is 18.2. The zero-order chi connectivity index (χ0) is 22.5. The van der Waals surface area contributed by atoms with E-state index in [1.165, 1.54) is 0 Å². The van der Waals surface area contributed by atoms with Gasteiger partial charge in [0.05, 0.1) is 13.2 Å². The van der Waals surface area contributed by atoms with E-state index in [2.05, 4.69) is 10.3 Å². The quantitative estimate of drug-likeness (QED) is 0.458. The van der Waals surface area contributed by atoms with Crippen molar-refractivity contribution in [1.29, 1.82) is 0 Å². The number of hydrogen-bond donors (Lipinski definition) is 1. The van der Waals surface area contributed by atoms with Crippen LogP contribution in [-0.2, 0) is 16.1 Å². The molecule has 1 amide bonds. The molecule has 0 bridgehead atoms. The van der Waals surface area contributed by atoms with Crippen LogP contribution in [0.5, 0.6) is 5.75 Å². The molecule has 4 aromatic rings. The van der Waals surface area contributed by atoms with Crippen LogP contribution in [0.15, 0.2) is 77.2 Å². The van der Waals surface area contributed by atoms with Gasteiger partial charge >= 0.3 is 0 Å². The van der Waals surface area contributed by atoms with E-state index in [9.17, 15) is 4.79 Å². The van der Waals surface area contributed by atoms with Crippen molar-refractivity contribution in [2.45, 2.75) is 6.54 Å². The summed E-state index contributed by atoms with van der Waals surface area (Å²) in [6.07, 6.45) is 0. The molecule has 1 fully saturated rings. The molecule has 1 aromatic heterocycles. The Bertz CT molecular complexity index is 1200. The van der Waals surface area contributed by atoms with Crippen LogP contribution in [0.3, 0.4) is 0 Å². The summed E-state index contributed by atoms with van der Waals surface area (Å²) in [4.78, 5) is 18.5. The van der Waals surface area contributed by atoms with Gasteiger partial charge in [0, 0.05) is 30.9 Å². The van der Waals surface area contributed by atoms with Gasteiger partial charge in [-0.15, -0.1) is 0 Å². The van der Waals surface area contributed by atoms with Gasteiger partial charge in [-0.3, -0.25) is 4.79 Å². The molecule has 0 atom stereocenters. The number of aromatic nitrogens is 1. The first kappa shape index (κ1) is 21.0. The third kappa shape index (κ3) is 5.15. The Morgan fingerprint density at radius 3 is 2.64 bits per heavy atom. The predicted molar refractivity (Wildman–Crippen MR) is 126 cm³/mol. The number of amides is 1. The fraction of sp³-hybridized carbons (Fsp3) is 0.231. The normalized spacial score (nSPS) is 13.8. The summed E-state index contributed by atoms with van der Waals surface area (Å²) in [5, 5.41) is 3.43. The number of para-hydroxylation sites is 2. The van der Waals surface area contributed by atoms with Crippen molar-refractivity contribution < 1.29 is 18.7 Å². The molecule has 1 aliphatic heterocycles. The van der Waals surface area contributed by atoms with Crippen molar-refractivity contribution in [3.8, 4) is 17.2 Å². The molecule has 168 valence electrons. The number of hydrogen-bond acceptors (Lipinski definition) is 6. The topological polar surface area (TPSA) is 76.8 Å². The Kier molecular flexibility index (Phi) is 6.21. The van der Waals surface area contributed by atoms with Crippen molar-refractivity contribution in [2.75, 3.05) is 38.2 Å². The van der Waals surface area contributed by atoms with Gasteiger partial charge < -0.3 is 24.1 Å². The van der Waals surface area contributed by atoms with Crippen molar-refractivity contribution in [1.82, 2.24) is 9.88 Å². The van der Waals surface area contributed by atoms with Crippen molar-refractivity contribution in [3.63, 3.8) is 0 Å². The summed E-state index contributed by atoms with van der Waals surface area (Å²) in [5.74, 6) is 1.27. The lowest BCUT2D eigenvalue weighted by Gasteiger charge is -2.26. The van der Waals surface area contributed by atoms with Crippen molar-refractivity contribution in [3.05, 3.63) is 78.4 Å². The number of rotatable bonds is 7. The summed E-state index contributed by atoms with van der Waals surface area (Å²) in [6, 6.07) is 23.5. The molecule has 33 heavy (non-hydrogen) atoms. The second-order valence-corrected chi connectivity index (χ2v) is 7.85. The summed E-state index contributed by atoms with van der Waals surface area (Å²) < 4.78 is 16.8. The maximum atomic E-state index is 12.2. The number of fused-ring (bicyclic) bond motifs is 1. The fourth-order valence-electron chi connectivity index (χ4n) is 3.71. The predicted octanol–water partition coefficient (Wildman–Crippen LogP) is 4.34. The number of morpholine rings is 1. The lowest BCUT2D eigenvalue weighted by Crippen LogP contribution is -2.42. The van der Waals surface area contributed by atoms with Crippen LogP contribution in [0.1, 0.15) is 5.56 Å². The monoisotopic (exact) mass is 443 g/mol. The molecule has 7 heteroatoms. The number of carbonyl (C=O) groups is 1. The summed E-state index contributed by atoms with van der Waals surface area (Å²) in [7, 11) is 0. The van der Waals surface area contributed by atoms with E-state index >= 15 is 0 Å². The van der Waals surface area contributed by atoms with E-state index in [4.69, 9.17) is 13.9 Å². The van der Waals surface area contributed by atoms with Gasteiger partial charge in [0.25, 0.3) is 5.91 Å². The Morgan fingerprint density at radius 1 is 1.00 bits per heavy atom. The molecule has 1 N–H and O–H groups in total. The minimum atomic E-state index is -0.0112. The molecule has 7 nitrogen and oxygen atoms in total. The number of nitrogens with one attached hydrogen (secondary N) is 1. The molecule has 1 saturated heterocycles. The maximum absolute atomic E-state index is 12.2. The van der Waals surface area contributed by atoms with Gasteiger partial charge in [-0.25, -0.2) is 4.98 Å². The molecule has 0 spiro atoms. The SMILES string of the molecule is O=C(COc1ccc(CNc2cccc(-c3nc4ccccc4o3)c2)cc1)N1CCOCC1. The average molecular weight is 444 g/mol. The van der Waals surface area contributed by atoms with E-state index in [1.807, 2.05) is 72.8 Å². The van der Waals surface area contributed by atoms with E-state index in [-0.39, 0.29) is 12.5 Å². The molecular formula is C26H25N3O4. The van der Waals surface area contributed by atoms with Crippen LogP contribution in [0, 0.1) is 0 Å². The number of anilines is 1. The first-order valence-electron chi connectivity index (χ1n) is 11.0. The average Bonchev–Trinajstić information content (AvgIpc) is 3.32. The second-order valence-electron chi connectivity index (χ2n) is 7.85. The van der Waals surface area contributed by atoms with Gasteiger partial charge in [0.15, 0.2) is 12.2 Å². The van der Waals surface area contributed by atoms with E-state index in [0.717, 1.165) is 27.9 Å². The molecule has 2 heterocycles. The van der Waals surface area contributed by atoms with Gasteiger partial charge in [0.2, 0.25) is 5.89 Å². The van der Waals surface area contributed by atoms with Crippen LogP contribution in [-0.4, -0.2) is 48.7 Å². The van der Waals surface area contributed by atoms with Crippen LogP contribution < -0.4 is 10.1 Å². The first-order valence-corrected chi connectivity index (χ1v) is 11.0. The van der Waals surface area contributed by atoms with Crippen LogP contribution in [0.2, 0.25) is 0 Å². The van der Waals surface area contributed by atoms with E-state index in [1.54, 1.807) is 4.90 Å². The standard InChI is InChI=1S/C26H25N3O4/c30-25(29-12-14-31-15-13-29)18-32-22-10-8-19(9-11-22)17-27-21-5-3-4-20(16-21)26-28-23-6-1-2-7-24(23)33-26/h1-11,16,27H,12-15,17-18H2. The Balaban J connectivity index is 1.16. The lowest BCUT2D eigenvalue weighted by molar-refractivity contribution is -0.137. The van der Waals surface area contributed by atoms with Crippen LogP contribution in [0.25, 0.3) is 22.6 Å². The summed E-state index contributed by atoms with van der Waals surface area (Å²) in [6.45, 7) is 3.13. The Labute approximate surface area is 191 Å². The lowest BCUT2D eigenvalue weighted by atomic mass is 10.2. The fourth-order valence-corrected chi connectivity index (χ4v) is 3.71. The molecule has 0 aliphatic carbocycles. The van der Waals surface area contributed by atoms with Gasteiger partial charge in [-0.2, -0.15) is 0 Å². The van der Waals surface area contributed by atoms with Crippen LogP contribution in [0.4, 0.5) is 5.69 Å². The van der Waals surface area contributed by atoms with E-state index in [0.29, 0.717) is 44.5 Å². The first-order chi connectivity index (χ1) is 16.2. The summed E-state index contributed by atoms with van der Waals surface area (Å²) >= 11 is 0. The molecular weight excluding hydrogens is 418 g/mol. The Hall–Kier alpha value is -3.84. The second kappa shape index (κ2) is 9.75. The molecule has 0 saturated carbocycles. The molecule has 5 rings (SSSR count). The number of ether oxygens (including phenoxy) is 2. The third-order valence-electron chi connectivity index (χ3n) is 5.55. The number of oxazole rings is 1. The number of benzene rings is 3. The minimum Gasteiger partial charge on any atom is -0.484 e. The van der Waals surface area contributed by atoms with Crippen LogP contribution >= 0.6 is 0 Å². The molecule has 0 radical (unpaired) electrons. The Morgan fingerprint density at radius 2 is 1.82 bits per heavy atom. The minimum absolute atomic E-state index is 0.0112. The van der Waals surface area contributed by atoms with Crippen molar-refractivity contribution >= 4 is 22.7 Å². The zero-order valence-corrected chi connectivity index (χ0v) is 18.2. The third-order valence-corrected chi connectivity index (χ3v) is 5.55. The highest BCUT2D eigenvalue weighted by Crippen LogP contribution is 2.26. The van der Waals surface area contributed by atoms with Gasteiger partial charge in [0.1, 0.15) is 11.3 Å².